The van der Waals surface area contributed by atoms with Crippen LogP contribution in [0.4, 0.5) is 0 Å². The van der Waals surface area contributed by atoms with Gasteiger partial charge in [0, 0.05) is 19.1 Å². The Kier molecular flexibility index (Phi) is 3.50. The molecule has 0 radical (unpaired) electrons. The lowest BCUT2D eigenvalue weighted by Crippen LogP contribution is -2.56. The molecule has 0 saturated carbocycles. The molecule has 1 fully saturated rings. The second kappa shape index (κ2) is 4.28. The highest BCUT2D eigenvalue weighted by Gasteiger charge is 2.44. The number of methoxy groups -OCH3 is 1. The van der Waals surface area contributed by atoms with E-state index in [1.807, 2.05) is 20.9 Å². The van der Waals surface area contributed by atoms with Crippen LogP contribution in [0.2, 0.25) is 0 Å². The highest BCUT2D eigenvalue weighted by Crippen LogP contribution is 2.22. The molecule has 4 heteroatoms. The molecule has 1 aliphatic heterocycles. The van der Waals surface area contributed by atoms with Crippen LogP contribution in [0.15, 0.2) is 0 Å². The second-order valence-corrected chi connectivity index (χ2v) is 4.36. The first-order chi connectivity index (χ1) is 6.50. The molecule has 1 aliphatic rings. The number of carbonyl (C=O) groups is 1. The summed E-state index contributed by atoms with van der Waals surface area (Å²) in [4.78, 5) is 13.9. The summed E-state index contributed by atoms with van der Waals surface area (Å²) < 4.78 is 4.86. The van der Waals surface area contributed by atoms with Crippen molar-refractivity contribution in [2.45, 2.75) is 31.8 Å². The van der Waals surface area contributed by atoms with E-state index in [9.17, 15) is 4.79 Å². The average molecular weight is 200 g/mol. The largest absolute Gasteiger partial charge is 0.468 e. The van der Waals surface area contributed by atoms with Crippen molar-refractivity contribution in [3.05, 3.63) is 0 Å². The van der Waals surface area contributed by atoms with Crippen LogP contribution >= 0.6 is 0 Å². The SMILES string of the molecule is COC(=O)C1(NC(C)C)CCN(C)C1. The third-order valence-electron chi connectivity index (χ3n) is 2.60. The normalized spacial score (nSPS) is 28.4. The first-order valence-corrected chi connectivity index (χ1v) is 5.05. The zero-order valence-electron chi connectivity index (χ0n) is 9.46. The van der Waals surface area contributed by atoms with Crippen LogP contribution in [-0.4, -0.2) is 49.7 Å². The van der Waals surface area contributed by atoms with Crippen molar-refractivity contribution >= 4 is 5.97 Å². The third kappa shape index (κ3) is 2.25. The van der Waals surface area contributed by atoms with Crippen molar-refractivity contribution in [2.75, 3.05) is 27.2 Å². The van der Waals surface area contributed by atoms with E-state index in [2.05, 4.69) is 10.2 Å². The van der Waals surface area contributed by atoms with Crippen molar-refractivity contribution in [1.29, 1.82) is 0 Å². The van der Waals surface area contributed by atoms with Gasteiger partial charge in [-0.05, 0) is 27.3 Å². The third-order valence-corrected chi connectivity index (χ3v) is 2.60. The molecule has 82 valence electrons. The van der Waals surface area contributed by atoms with Gasteiger partial charge >= 0.3 is 5.97 Å². The molecule has 0 aromatic rings. The van der Waals surface area contributed by atoms with Crippen LogP contribution < -0.4 is 5.32 Å². The number of likely N-dealkylation sites (tertiary alicyclic amines) is 1. The van der Waals surface area contributed by atoms with Gasteiger partial charge < -0.3 is 9.64 Å². The van der Waals surface area contributed by atoms with Crippen molar-refractivity contribution in [3.63, 3.8) is 0 Å². The Morgan fingerprint density at radius 1 is 1.57 bits per heavy atom. The zero-order valence-corrected chi connectivity index (χ0v) is 9.46. The van der Waals surface area contributed by atoms with Crippen LogP contribution in [0, 0.1) is 0 Å². The minimum absolute atomic E-state index is 0.143. The van der Waals surface area contributed by atoms with Gasteiger partial charge in [-0.25, -0.2) is 0 Å². The maximum atomic E-state index is 11.7. The van der Waals surface area contributed by atoms with Crippen molar-refractivity contribution in [1.82, 2.24) is 10.2 Å². The van der Waals surface area contributed by atoms with Crippen LogP contribution in [0.1, 0.15) is 20.3 Å². The Hall–Kier alpha value is -0.610. The Morgan fingerprint density at radius 3 is 2.57 bits per heavy atom. The molecule has 0 aromatic heterocycles. The molecule has 0 aliphatic carbocycles. The summed E-state index contributed by atoms with van der Waals surface area (Å²) in [6, 6.07) is 0.292. The molecule has 0 aromatic carbocycles. The molecule has 1 atom stereocenters. The van der Waals surface area contributed by atoms with E-state index in [-0.39, 0.29) is 5.97 Å². The van der Waals surface area contributed by atoms with Crippen LogP contribution in [0.5, 0.6) is 0 Å². The lowest BCUT2D eigenvalue weighted by molar-refractivity contribution is -0.148. The average Bonchev–Trinajstić information content (AvgIpc) is 2.46. The van der Waals surface area contributed by atoms with Crippen molar-refractivity contribution in [3.8, 4) is 0 Å². The Balaban J connectivity index is 2.75. The molecular formula is C10H20N2O2. The van der Waals surface area contributed by atoms with E-state index in [0.717, 1.165) is 19.5 Å². The highest BCUT2D eigenvalue weighted by atomic mass is 16.5. The smallest absolute Gasteiger partial charge is 0.327 e. The van der Waals surface area contributed by atoms with E-state index >= 15 is 0 Å². The highest BCUT2D eigenvalue weighted by molar-refractivity contribution is 5.81. The van der Waals surface area contributed by atoms with Gasteiger partial charge in [0.1, 0.15) is 5.54 Å². The standard InChI is InChI=1S/C10H20N2O2/c1-8(2)11-10(9(13)14-4)5-6-12(3)7-10/h8,11H,5-7H2,1-4H3. The Bertz CT molecular complexity index is 218. The van der Waals surface area contributed by atoms with Crippen LogP contribution in [-0.2, 0) is 9.53 Å². The van der Waals surface area contributed by atoms with Crippen molar-refractivity contribution < 1.29 is 9.53 Å². The van der Waals surface area contributed by atoms with E-state index in [4.69, 9.17) is 4.74 Å². The van der Waals surface area contributed by atoms with Gasteiger partial charge in [-0.1, -0.05) is 0 Å². The summed E-state index contributed by atoms with van der Waals surface area (Å²) in [5, 5.41) is 3.32. The second-order valence-electron chi connectivity index (χ2n) is 4.36. The first kappa shape index (κ1) is 11.5. The number of likely N-dealkylation sites (N-methyl/N-ethyl adjacent to an activating group) is 1. The summed E-state index contributed by atoms with van der Waals surface area (Å²) in [5.74, 6) is -0.143. The molecular weight excluding hydrogens is 180 g/mol. The Morgan fingerprint density at radius 2 is 2.21 bits per heavy atom. The summed E-state index contributed by atoms with van der Waals surface area (Å²) in [6.07, 6.45) is 0.828. The number of ether oxygens (including phenoxy) is 1. The van der Waals surface area contributed by atoms with Gasteiger partial charge in [-0.15, -0.1) is 0 Å². The number of carbonyl (C=O) groups excluding carboxylic acids is 1. The fourth-order valence-corrected chi connectivity index (χ4v) is 2.09. The Labute approximate surface area is 85.6 Å². The lowest BCUT2D eigenvalue weighted by atomic mass is 9.97. The quantitative estimate of drug-likeness (QED) is 0.662. The summed E-state index contributed by atoms with van der Waals surface area (Å²) >= 11 is 0. The summed E-state index contributed by atoms with van der Waals surface area (Å²) in [5.41, 5.74) is -0.488. The summed E-state index contributed by atoms with van der Waals surface area (Å²) in [6.45, 7) is 5.76. The number of rotatable bonds is 3. The molecule has 0 spiro atoms. The lowest BCUT2D eigenvalue weighted by Gasteiger charge is -2.29. The molecule has 1 unspecified atom stereocenters. The fraction of sp³-hybridized carbons (Fsp3) is 0.900. The van der Waals surface area contributed by atoms with Gasteiger partial charge in [0.2, 0.25) is 0 Å². The minimum Gasteiger partial charge on any atom is -0.468 e. The van der Waals surface area contributed by atoms with Gasteiger partial charge in [0.05, 0.1) is 7.11 Å². The van der Waals surface area contributed by atoms with E-state index in [0.29, 0.717) is 6.04 Å². The molecule has 4 nitrogen and oxygen atoms in total. The number of hydrogen-bond acceptors (Lipinski definition) is 4. The van der Waals surface area contributed by atoms with Gasteiger partial charge in [-0.3, -0.25) is 10.1 Å². The van der Waals surface area contributed by atoms with Crippen molar-refractivity contribution in [2.24, 2.45) is 0 Å². The fourth-order valence-electron chi connectivity index (χ4n) is 2.09. The molecule has 0 amide bonds. The zero-order chi connectivity index (χ0) is 10.8. The topological polar surface area (TPSA) is 41.6 Å². The molecule has 1 heterocycles. The van der Waals surface area contributed by atoms with E-state index in [1.165, 1.54) is 7.11 Å². The predicted molar refractivity (Wildman–Crippen MR) is 55.1 cm³/mol. The van der Waals surface area contributed by atoms with Crippen LogP contribution in [0.3, 0.4) is 0 Å². The first-order valence-electron chi connectivity index (χ1n) is 5.05. The molecule has 1 saturated heterocycles. The van der Waals surface area contributed by atoms with Gasteiger partial charge in [-0.2, -0.15) is 0 Å². The maximum absolute atomic E-state index is 11.7. The number of nitrogens with zero attached hydrogens (tertiary/aromatic N) is 1. The van der Waals surface area contributed by atoms with Gasteiger partial charge in [0.25, 0.3) is 0 Å². The van der Waals surface area contributed by atoms with E-state index in [1.54, 1.807) is 0 Å². The predicted octanol–water partition coefficient (Wildman–Crippen LogP) is 0.232. The minimum atomic E-state index is -0.488. The number of esters is 1. The number of nitrogens with one attached hydrogen (secondary N) is 1. The van der Waals surface area contributed by atoms with Crippen LogP contribution in [0.25, 0.3) is 0 Å². The molecule has 1 N–H and O–H groups in total. The van der Waals surface area contributed by atoms with Gasteiger partial charge in [0.15, 0.2) is 0 Å². The maximum Gasteiger partial charge on any atom is 0.327 e. The molecule has 14 heavy (non-hydrogen) atoms. The molecule has 1 rings (SSSR count). The monoisotopic (exact) mass is 200 g/mol. The number of hydrogen-bond donors (Lipinski definition) is 1. The summed E-state index contributed by atoms with van der Waals surface area (Å²) in [7, 11) is 3.47. The molecule has 0 bridgehead atoms. The van der Waals surface area contributed by atoms with E-state index < -0.39 is 5.54 Å².